The van der Waals surface area contributed by atoms with Crippen LogP contribution in [0.5, 0.6) is 0 Å². The van der Waals surface area contributed by atoms with Gasteiger partial charge in [0.2, 0.25) is 0 Å². The Hall–Kier alpha value is -1.00. The topological polar surface area (TPSA) is 60.2 Å². The van der Waals surface area contributed by atoms with E-state index in [-0.39, 0.29) is 0 Å². The summed E-state index contributed by atoms with van der Waals surface area (Å²) < 4.78 is 5.31. The zero-order valence-electron chi connectivity index (χ0n) is 9.08. The van der Waals surface area contributed by atoms with Crippen molar-refractivity contribution < 1.29 is 4.74 Å². The number of rotatable bonds is 4. The molecule has 0 spiro atoms. The van der Waals surface area contributed by atoms with Crippen molar-refractivity contribution in [2.75, 3.05) is 30.8 Å². The predicted molar refractivity (Wildman–Crippen MR) is 65.7 cm³/mol. The summed E-state index contributed by atoms with van der Waals surface area (Å²) in [6.45, 7) is 2.65. The molecule has 0 radical (unpaired) electrons. The summed E-state index contributed by atoms with van der Waals surface area (Å²) >= 11 is 5.81. The highest BCUT2D eigenvalue weighted by Crippen LogP contribution is 2.18. The second-order valence-electron chi connectivity index (χ2n) is 4.05. The quantitative estimate of drug-likeness (QED) is 0.793. The van der Waals surface area contributed by atoms with Gasteiger partial charge in [-0.25, -0.2) is 4.98 Å². The molecule has 1 atom stereocenters. The van der Waals surface area contributed by atoms with Crippen LogP contribution in [0.2, 0.25) is 5.15 Å². The Morgan fingerprint density at radius 3 is 3.12 bits per heavy atom. The highest BCUT2D eigenvalue weighted by molar-refractivity contribution is 6.29. The summed E-state index contributed by atoms with van der Waals surface area (Å²) in [4.78, 5) is 4.14. The lowest BCUT2D eigenvalue weighted by Gasteiger charge is -2.09. The van der Waals surface area contributed by atoms with Crippen LogP contribution < -0.4 is 11.1 Å². The van der Waals surface area contributed by atoms with Crippen molar-refractivity contribution in [2.24, 2.45) is 5.92 Å². The van der Waals surface area contributed by atoms with Gasteiger partial charge in [0.15, 0.2) is 0 Å². The Kier molecular flexibility index (Phi) is 3.85. The van der Waals surface area contributed by atoms with Gasteiger partial charge in [-0.1, -0.05) is 11.6 Å². The predicted octanol–water partition coefficient (Wildman–Crippen LogP) is 2.16. The second kappa shape index (κ2) is 5.37. The Morgan fingerprint density at radius 1 is 1.56 bits per heavy atom. The largest absolute Gasteiger partial charge is 0.399 e. The summed E-state index contributed by atoms with van der Waals surface area (Å²) in [7, 11) is 0. The molecule has 2 rings (SSSR count). The van der Waals surface area contributed by atoms with Crippen molar-refractivity contribution in [1.82, 2.24) is 4.98 Å². The molecule has 2 heterocycles. The lowest BCUT2D eigenvalue weighted by molar-refractivity contribution is 0.185. The first-order chi connectivity index (χ1) is 7.74. The molecule has 0 amide bonds. The average Bonchev–Trinajstić information content (AvgIpc) is 2.69. The standard InChI is InChI=1S/C11H16ClN3O/c12-10-5-9(13)6-11(15-10)14-3-1-8-2-4-16-7-8/h5-6,8H,1-4,7H2,(H3,13,14,15). The Morgan fingerprint density at radius 2 is 2.44 bits per heavy atom. The molecule has 0 saturated carbocycles. The third-order valence-corrected chi connectivity index (χ3v) is 2.89. The fraction of sp³-hybridized carbons (Fsp3) is 0.545. The van der Waals surface area contributed by atoms with E-state index in [1.165, 1.54) is 0 Å². The second-order valence-corrected chi connectivity index (χ2v) is 4.44. The smallest absolute Gasteiger partial charge is 0.133 e. The summed E-state index contributed by atoms with van der Waals surface area (Å²) in [6, 6.07) is 3.43. The number of nitrogens with zero attached hydrogens (tertiary/aromatic N) is 1. The zero-order chi connectivity index (χ0) is 11.4. The maximum Gasteiger partial charge on any atom is 0.133 e. The summed E-state index contributed by atoms with van der Waals surface area (Å²) in [5, 5.41) is 3.64. The SMILES string of the molecule is Nc1cc(Cl)nc(NCCC2CCOC2)c1. The first-order valence-electron chi connectivity index (χ1n) is 5.49. The minimum atomic E-state index is 0.423. The summed E-state index contributed by atoms with van der Waals surface area (Å²) in [6.07, 6.45) is 2.25. The average molecular weight is 242 g/mol. The molecular weight excluding hydrogens is 226 g/mol. The Balaban J connectivity index is 1.80. The molecule has 88 valence electrons. The van der Waals surface area contributed by atoms with Gasteiger partial charge in [-0.2, -0.15) is 0 Å². The van der Waals surface area contributed by atoms with Crippen molar-refractivity contribution in [1.29, 1.82) is 0 Å². The van der Waals surface area contributed by atoms with E-state index in [4.69, 9.17) is 22.1 Å². The van der Waals surface area contributed by atoms with Crippen molar-refractivity contribution in [3.63, 3.8) is 0 Å². The molecule has 0 aromatic carbocycles. The molecule has 1 saturated heterocycles. The van der Waals surface area contributed by atoms with Crippen molar-refractivity contribution >= 4 is 23.1 Å². The first-order valence-corrected chi connectivity index (χ1v) is 5.86. The number of hydrogen-bond acceptors (Lipinski definition) is 4. The number of nitrogen functional groups attached to an aromatic ring is 1. The molecule has 1 unspecified atom stereocenters. The number of anilines is 2. The van der Waals surface area contributed by atoms with Gasteiger partial charge in [-0.15, -0.1) is 0 Å². The maximum absolute atomic E-state index is 5.81. The van der Waals surface area contributed by atoms with Crippen LogP contribution in [0.3, 0.4) is 0 Å². The number of halogens is 1. The molecule has 0 aliphatic carbocycles. The minimum Gasteiger partial charge on any atom is -0.399 e. The van der Waals surface area contributed by atoms with E-state index < -0.39 is 0 Å². The Labute approximate surface area is 100 Å². The molecule has 4 nitrogen and oxygen atoms in total. The molecule has 1 aromatic rings. The fourth-order valence-corrected chi connectivity index (χ4v) is 2.04. The number of aromatic nitrogens is 1. The molecule has 16 heavy (non-hydrogen) atoms. The molecule has 1 fully saturated rings. The van der Waals surface area contributed by atoms with Gasteiger partial charge in [-0.05, 0) is 24.8 Å². The molecule has 1 aromatic heterocycles. The van der Waals surface area contributed by atoms with E-state index in [0.717, 1.165) is 38.4 Å². The number of ether oxygens (including phenoxy) is 1. The van der Waals surface area contributed by atoms with Crippen LogP contribution in [-0.2, 0) is 4.74 Å². The monoisotopic (exact) mass is 241 g/mol. The van der Waals surface area contributed by atoms with Crippen LogP contribution in [-0.4, -0.2) is 24.7 Å². The normalized spacial score (nSPS) is 19.9. The molecule has 1 aliphatic rings. The van der Waals surface area contributed by atoms with Crippen LogP contribution in [0.4, 0.5) is 11.5 Å². The van der Waals surface area contributed by atoms with E-state index in [2.05, 4.69) is 10.3 Å². The summed E-state index contributed by atoms with van der Waals surface area (Å²) in [5.41, 5.74) is 6.30. The van der Waals surface area contributed by atoms with Crippen LogP contribution >= 0.6 is 11.6 Å². The van der Waals surface area contributed by atoms with E-state index in [1.807, 2.05) is 0 Å². The molecule has 3 N–H and O–H groups in total. The number of nitrogens with one attached hydrogen (secondary N) is 1. The van der Waals surface area contributed by atoms with E-state index in [0.29, 0.717) is 16.8 Å². The molecular formula is C11H16ClN3O. The minimum absolute atomic E-state index is 0.423. The van der Waals surface area contributed by atoms with Crippen molar-refractivity contribution in [2.45, 2.75) is 12.8 Å². The third-order valence-electron chi connectivity index (χ3n) is 2.70. The van der Waals surface area contributed by atoms with E-state index in [9.17, 15) is 0 Å². The zero-order valence-corrected chi connectivity index (χ0v) is 9.83. The molecule has 1 aliphatic heterocycles. The lowest BCUT2D eigenvalue weighted by atomic mass is 10.1. The van der Waals surface area contributed by atoms with Crippen LogP contribution in [0, 0.1) is 5.92 Å². The van der Waals surface area contributed by atoms with Crippen molar-refractivity contribution in [3.05, 3.63) is 17.3 Å². The van der Waals surface area contributed by atoms with Gasteiger partial charge in [0.25, 0.3) is 0 Å². The lowest BCUT2D eigenvalue weighted by Crippen LogP contribution is -2.10. The summed E-state index contributed by atoms with van der Waals surface area (Å²) in [5.74, 6) is 1.41. The van der Waals surface area contributed by atoms with Gasteiger partial charge in [0, 0.05) is 31.5 Å². The molecule has 0 bridgehead atoms. The van der Waals surface area contributed by atoms with Gasteiger partial charge in [-0.3, -0.25) is 0 Å². The first kappa shape index (κ1) is 11.5. The van der Waals surface area contributed by atoms with E-state index in [1.54, 1.807) is 12.1 Å². The third kappa shape index (κ3) is 3.25. The fourth-order valence-electron chi connectivity index (χ4n) is 1.82. The van der Waals surface area contributed by atoms with Crippen LogP contribution in [0.25, 0.3) is 0 Å². The van der Waals surface area contributed by atoms with Crippen LogP contribution in [0.15, 0.2) is 12.1 Å². The number of pyridine rings is 1. The van der Waals surface area contributed by atoms with Gasteiger partial charge in [0.1, 0.15) is 11.0 Å². The highest BCUT2D eigenvalue weighted by atomic mass is 35.5. The molecule has 5 heteroatoms. The van der Waals surface area contributed by atoms with Gasteiger partial charge in [0.05, 0.1) is 0 Å². The highest BCUT2D eigenvalue weighted by Gasteiger charge is 2.14. The maximum atomic E-state index is 5.81. The van der Waals surface area contributed by atoms with Crippen molar-refractivity contribution in [3.8, 4) is 0 Å². The van der Waals surface area contributed by atoms with Crippen LogP contribution in [0.1, 0.15) is 12.8 Å². The van der Waals surface area contributed by atoms with Gasteiger partial charge >= 0.3 is 0 Å². The number of nitrogens with two attached hydrogens (primary N) is 1. The van der Waals surface area contributed by atoms with Gasteiger partial charge < -0.3 is 15.8 Å². The Bertz CT molecular complexity index is 333. The number of hydrogen-bond donors (Lipinski definition) is 2. The van der Waals surface area contributed by atoms with E-state index >= 15 is 0 Å².